The molecule has 0 aliphatic rings. The van der Waals surface area contributed by atoms with Crippen LogP contribution in [0.3, 0.4) is 0 Å². The van der Waals surface area contributed by atoms with Gasteiger partial charge in [-0.1, -0.05) is 6.07 Å². The van der Waals surface area contributed by atoms with E-state index in [1.807, 2.05) is 6.07 Å². The Bertz CT molecular complexity index is 915. The van der Waals surface area contributed by atoms with Gasteiger partial charge in [-0.25, -0.2) is 4.98 Å². The van der Waals surface area contributed by atoms with Gasteiger partial charge in [-0.2, -0.15) is 5.26 Å². The molecule has 0 saturated heterocycles. The predicted molar refractivity (Wildman–Crippen MR) is 73.8 cm³/mol. The van der Waals surface area contributed by atoms with Crippen molar-refractivity contribution in [1.29, 1.82) is 5.26 Å². The number of rotatable bonds is 1. The lowest BCUT2D eigenvalue weighted by Crippen LogP contribution is -2.23. The topological polar surface area (TPSA) is 97.8 Å². The van der Waals surface area contributed by atoms with Crippen LogP contribution in [0.4, 0.5) is 5.82 Å². The average Bonchev–Trinajstić information content (AvgIpc) is 2.91. The molecule has 0 spiro atoms. The number of anilines is 1. The molecule has 3 aromatic rings. The largest absolute Gasteiger partial charge is 0.443 e. The minimum Gasteiger partial charge on any atom is -0.443 e. The maximum atomic E-state index is 12.1. The number of aromatic nitrogens is 2. The number of nitrogens with two attached hydrogens (primary N) is 1. The maximum absolute atomic E-state index is 12.1. The number of hydrogen-bond acceptors (Lipinski definition) is 5. The molecule has 6 nitrogen and oxygen atoms in total. The number of nitrogen functional groups attached to an aromatic ring is 1. The van der Waals surface area contributed by atoms with E-state index < -0.39 is 5.56 Å². The molecule has 0 unspecified atom stereocenters. The number of benzene rings is 1. The van der Waals surface area contributed by atoms with Crippen molar-refractivity contribution in [2.75, 3.05) is 5.73 Å². The van der Waals surface area contributed by atoms with Gasteiger partial charge >= 0.3 is 0 Å². The van der Waals surface area contributed by atoms with E-state index in [4.69, 9.17) is 10.2 Å². The lowest BCUT2D eigenvalue weighted by atomic mass is 10.0. The van der Waals surface area contributed by atoms with E-state index in [1.54, 1.807) is 24.3 Å². The highest BCUT2D eigenvalue weighted by Crippen LogP contribution is 2.26. The Hall–Kier alpha value is -3.07. The van der Waals surface area contributed by atoms with Gasteiger partial charge in [0.2, 0.25) is 0 Å². The van der Waals surface area contributed by atoms with Gasteiger partial charge in [0.1, 0.15) is 23.0 Å². The van der Waals surface area contributed by atoms with Crippen molar-refractivity contribution >= 4 is 16.9 Å². The van der Waals surface area contributed by atoms with Crippen molar-refractivity contribution in [2.24, 2.45) is 7.05 Å². The fourth-order valence-corrected chi connectivity index (χ4v) is 2.08. The predicted octanol–water partition coefficient (Wildman–Crippen LogP) is 1.65. The van der Waals surface area contributed by atoms with Crippen LogP contribution in [0.25, 0.3) is 22.2 Å². The molecular formula is C14H10N4O2. The minimum atomic E-state index is -0.417. The third-order valence-corrected chi connectivity index (χ3v) is 3.22. The van der Waals surface area contributed by atoms with Crippen LogP contribution in [0.1, 0.15) is 5.56 Å². The smallest absolute Gasteiger partial charge is 0.270 e. The van der Waals surface area contributed by atoms with Crippen molar-refractivity contribution in [3.8, 4) is 17.2 Å². The summed E-state index contributed by atoms with van der Waals surface area (Å²) in [5, 5.41) is 9.21. The SMILES string of the molecule is Cn1c(N)cc(-c2ccc3ncoc3c2)c(C#N)c1=O. The summed E-state index contributed by atoms with van der Waals surface area (Å²) in [5.41, 5.74) is 7.92. The fourth-order valence-electron chi connectivity index (χ4n) is 2.08. The third kappa shape index (κ3) is 1.65. The zero-order valence-electron chi connectivity index (χ0n) is 10.6. The van der Waals surface area contributed by atoms with Crippen LogP contribution in [-0.2, 0) is 7.05 Å². The van der Waals surface area contributed by atoms with E-state index in [-0.39, 0.29) is 5.56 Å². The highest BCUT2D eigenvalue weighted by atomic mass is 16.3. The molecule has 0 aliphatic heterocycles. The number of fused-ring (bicyclic) bond motifs is 1. The first-order valence-electron chi connectivity index (χ1n) is 5.85. The Kier molecular flexibility index (Phi) is 2.54. The van der Waals surface area contributed by atoms with E-state index >= 15 is 0 Å². The zero-order chi connectivity index (χ0) is 14.3. The first kappa shape index (κ1) is 12.0. The van der Waals surface area contributed by atoms with Crippen molar-refractivity contribution < 1.29 is 4.42 Å². The van der Waals surface area contributed by atoms with Crippen LogP contribution < -0.4 is 11.3 Å². The minimum absolute atomic E-state index is 0.0561. The Labute approximate surface area is 113 Å². The third-order valence-electron chi connectivity index (χ3n) is 3.22. The molecule has 2 heterocycles. The molecule has 0 amide bonds. The molecule has 98 valence electrons. The van der Waals surface area contributed by atoms with Crippen molar-refractivity contribution in [3.63, 3.8) is 0 Å². The lowest BCUT2D eigenvalue weighted by molar-refractivity contribution is 0.602. The zero-order valence-corrected chi connectivity index (χ0v) is 10.6. The lowest BCUT2D eigenvalue weighted by Gasteiger charge is -2.09. The van der Waals surface area contributed by atoms with E-state index in [2.05, 4.69) is 4.98 Å². The standard InChI is InChI=1S/C14H10N4O2/c1-18-13(16)5-9(10(6-15)14(18)19)8-2-3-11-12(4-8)20-7-17-11/h2-5,7H,16H2,1H3. The molecule has 2 N–H and O–H groups in total. The van der Waals surface area contributed by atoms with Crippen LogP contribution in [0, 0.1) is 11.3 Å². The molecule has 20 heavy (non-hydrogen) atoms. The monoisotopic (exact) mass is 266 g/mol. The molecule has 6 heteroatoms. The van der Waals surface area contributed by atoms with E-state index in [1.165, 1.54) is 18.0 Å². The van der Waals surface area contributed by atoms with Crippen LogP contribution in [0.5, 0.6) is 0 Å². The molecule has 0 atom stereocenters. The van der Waals surface area contributed by atoms with Crippen molar-refractivity contribution in [2.45, 2.75) is 0 Å². The van der Waals surface area contributed by atoms with Gasteiger partial charge in [0.05, 0.1) is 0 Å². The number of oxazole rings is 1. The van der Waals surface area contributed by atoms with Crippen LogP contribution in [-0.4, -0.2) is 9.55 Å². The molecule has 0 bridgehead atoms. The second-order valence-corrected chi connectivity index (χ2v) is 4.37. The van der Waals surface area contributed by atoms with Gasteiger partial charge in [-0.3, -0.25) is 9.36 Å². The summed E-state index contributed by atoms with van der Waals surface area (Å²) in [6.07, 6.45) is 1.35. The van der Waals surface area contributed by atoms with E-state index in [0.717, 1.165) is 0 Å². The quantitative estimate of drug-likeness (QED) is 0.722. The summed E-state index contributed by atoms with van der Waals surface area (Å²) in [6, 6.07) is 8.82. The molecule has 2 aromatic heterocycles. The molecule has 0 fully saturated rings. The Balaban J connectivity index is 2.34. The molecular weight excluding hydrogens is 256 g/mol. The van der Waals surface area contributed by atoms with Gasteiger partial charge < -0.3 is 10.2 Å². The molecule has 3 rings (SSSR count). The number of hydrogen-bond donors (Lipinski definition) is 1. The maximum Gasteiger partial charge on any atom is 0.270 e. The Morgan fingerprint density at radius 1 is 1.40 bits per heavy atom. The first-order valence-corrected chi connectivity index (χ1v) is 5.85. The highest BCUT2D eigenvalue weighted by Gasteiger charge is 2.14. The van der Waals surface area contributed by atoms with Crippen LogP contribution >= 0.6 is 0 Å². The van der Waals surface area contributed by atoms with Crippen LogP contribution in [0.2, 0.25) is 0 Å². The van der Waals surface area contributed by atoms with Crippen LogP contribution in [0.15, 0.2) is 39.9 Å². The second kappa shape index (κ2) is 4.24. The summed E-state index contributed by atoms with van der Waals surface area (Å²) < 4.78 is 6.47. The number of nitrogens with zero attached hydrogens (tertiary/aromatic N) is 3. The summed E-state index contributed by atoms with van der Waals surface area (Å²) in [5.74, 6) is 0.293. The number of nitriles is 1. The summed E-state index contributed by atoms with van der Waals surface area (Å²) in [4.78, 5) is 16.1. The van der Waals surface area contributed by atoms with E-state index in [0.29, 0.717) is 28.0 Å². The van der Waals surface area contributed by atoms with Gasteiger partial charge in [0.15, 0.2) is 12.0 Å². The number of pyridine rings is 1. The Morgan fingerprint density at radius 3 is 2.95 bits per heavy atom. The summed E-state index contributed by atoms with van der Waals surface area (Å²) in [6.45, 7) is 0. The molecule has 0 aliphatic carbocycles. The molecule has 0 radical (unpaired) electrons. The molecule has 0 saturated carbocycles. The van der Waals surface area contributed by atoms with Crippen molar-refractivity contribution in [1.82, 2.24) is 9.55 Å². The van der Waals surface area contributed by atoms with Gasteiger partial charge in [-0.05, 0) is 23.8 Å². The van der Waals surface area contributed by atoms with Gasteiger partial charge in [0, 0.05) is 12.6 Å². The van der Waals surface area contributed by atoms with E-state index in [9.17, 15) is 10.1 Å². The second-order valence-electron chi connectivity index (χ2n) is 4.37. The normalized spacial score (nSPS) is 10.6. The summed E-state index contributed by atoms with van der Waals surface area (Å²) in [7, 11) is 1.53. The van der Waals surface area contributed by atoms with Gasteiger partial charge in [-0.15, -0.1) is 0 Å². The highest BCUT2D eigenvalue weighted by molar-refractivity contribution is 5.82. The Morgan fingerprint density at radius 2 is 2.20 bits per heavy atom. The van der Waals surface area contributed by atoms with Crippen molar-refractivity contribution in [3.05, 3.63) is 46.6 Å². The fraction of sp³-hybridized carbons (Fsp3) is 0.0714. The average molecular weight is 266 g/mol. The molecule has 1 aromatic carbocycles. The van der Waals surface area contributed by atoms with Gasteiger partial charge in [0.25, 0.3) is 5.56 Å². The first-order chi connectivity index (χ1) is 9.61. The summed E-state index contributed by atoms with van der Waals surface area (Å²) >= 11 is 0.